The molecule has 0 radical (unpaired) electrons. The number of benzene rings is 1. The summed E-state index contributed by atoms with van der Waals surface area (Å²) in [5, 5.41) is 3.74. The fraction of sp³-hybridized carbons (Fsp3) is 0.412. The van der Waals surface area contributed by atoms with Crippen LogP contribution in [0.3, 0.4) is 0 Å². The highest BCUT2D eigenvalue weighted by Gasteiger charge is 2.32. The molecular weight excluding hydrogens is 344 g/mol. The minimum absolute atomic E-state index is 0.0346. The maximum absolute atomic E-state index is 12.5. The molecule has 2 atom stereocenters. The van der Waals surface area contributed by atoms with Gasteiger partial charge in [0.25, 0.3) is 0 Å². The molecular formula is C17H20N2O3S2. The van der Waals surface area contributed by atoms with Crippen molar-refractivity contribution in [3.63, 3.8) is 0 Å². The predicted octanol–water partition coefficient (Wildman–Crippen LogP) is 2.51. The molecule has 0 unspecified atom stereocenters. The van der Waals surface area contributed by atoms with E-state index in [1.807, 2.05) is 30.3 Å². The highest BCUT2D eigenvalue weighted by Crippen LogP contribution is 2.38. The van der Waals surface area contributed by atoms with E-state index in [0.29, 0.717) is 6.42 Å². The van der Waals surface area contributed by atoms with Gasteiger partial charge in [0.1, 0.15) is 9.84 Å². The summed E-state index contributed by atoms with van der Waals surface area (Å²) in [6, 6.07) is 7.97. The minimum Gasteiger partial charge on any atom is -0.355 e. The summed E-state index contributed by atoms with van der Waals surface area (Å²) >= 11 is 1.63. The van der Waals surface area contributed by atoms with Crippen LogP contribution in [0.25, 0.3) is 10.2 Å². The second-order valence-electron chi connectivity index (χ2n) is 6.10. The maximum atomic E-state index is 12.5. The highest BCUT2D eigenvalue weighted by atomic mass is 32.2. The summed E-state index contributed by atoms with van der Waals surface area (Å²) in [6.45, 7) is 0.157. The Morgan fingerprint density at radius 3 is 2.79 bits per heavy atom. The van der Waals surface area contributed by atoms with Crippen LogP contribution < -0.4 is 5.32 Å². The Labute approximate surface area is 145 Å². The topological polar surface area (TPSA) is 76.1 Å². The van der Waals surface area contributed by atoms with Crippen molar-refractivity contribution >= 4 is 37.3 Å². The van der Waals surface area contributed by atoms with E-state index in [2.05, 4.69) is 11.4 Å². The number of carbonyl (C=O) groups excluding carboxylic acids is 1. The van der Waals surface area contributed by atoms with Crippen molar-refractivity contribution in [1.82, 2.24) is 10.3 Å². The zero-order valence-electron chi connectivity index (χ0n) is 13.4. The minimum atomic E-state index is -3.07. The lowest BCUT2D eigenvalue weighted by Gasteiger charge is -2.26. The Morgan fingerprint density at radius 2 is 2.04 bits per heavy atom. The fourth-order valence-electron chi connectivity index (χ4n) is 2.92. The van der Waals surface area contributed by atoms with E-state index in [4.69, 9.17) is 4.98 Å². The second-order valence-corrected chi connectivity index (χ2v) is 9.42. The number of para-hydroxylation sites is 1. The van der Waals surface area contributed by atoms with Crippen molar-refractivity contribution in [1.29, 1.82) is 0 Å². The normalized spacial score (nSPS) is 21.0. The van der Waals surface area contributed by atoms with Crippen LogP contribution in [0, 0.1) is 5.92 Å². The zero-order valence-corrected chi connectivity index (χ0v) is 15.1. The number of nitrogens with one attached hydrogen (secondary N) is 1. The van der Waals surface area contributed by atoms with Crippen LogP contribution in [0.15, 0.2) is 36.4 Å². The molecule has 0 spiro atoms. The fourth-order valence-corrected chi connectivity index (χ4v) is 4.54. The lowest BCUT2D eigenvalue weighted by atomic mass is 9.82. The van der Waals surface area contributed by atoms with Gasteiger partial charge in [0.2, 0.25) is 5.91 Å². The van der Waals surface area contributed by atoms with Crippen molar-refractivity contribution < 1.29 is 13.2 Å². The number of carbonyl (C=O) groups is 1. The zero-order chi connectivity index (χ0) is 17.2. The van der Waals surface area contributed by atoms with Gasteiger partial charge in [-0.05, 0) is 25.0 Å². The lowest BCUT2D eigenvalue weighted by Crippen LogP contribution is -2.37. The number of sulfone groups is 1. The van der Waals surface area contributed by atoms with Crippen LogP contribution >= 0.6 is 11.3 Å². The third-order valence-electron chi connectivity index (χ3n) is 4.17. The first kappa shape index (κ1) is 17.1. The van der Waals surface area contributed by atoms with Crippen LogP contribution in [0.5, 0.6) is 0 Å². The van der Waals surface area contributed by atoms with Crippen LogP contribution in [-0.2, 0) is 14.6 Å². The largest absolute Gasteiger partial charge is 0.355 e. The molecule has 24 heavy (non-hydrogen) atoms. The van der Waals surface area contributed by atoms with Gasteiger partial charge in [-0.25, -0.2) is 13.4 Å². The van der Waals surface area contributed by atoms with E-state index in [9.17, 15) is 13.2 Å². The molecule has 128 valence electrons. The summed E-state index contributed by atoms with van der Waals surface area (Å²) in [5.74, 6) is -0.277. The maximum Gasteiger partial charge on any atom is 0.224 e. The number of fused-ring (bicyclic) bond motifs is 1. The number of nitrogens with zero attached hydrogens (tertiary/aromatic N) is 1. The Balaban J connectivity index is 1.75. The molecule has 1 aromatic heterocycles. The smallest absolute Gasteiger partial charge is 0.224 e. The van der Waals surface area contributed by atoms with Gasteiger partial charge >= 0.3 is 0 Å². The summed E-state index contributed by atoms with van der Waals surface area (Å²) < 4.78 is 23.5. The quantitative estimate of drug-likeness (QED) is 0.827. The van der Waals surface area contributed by atoms with Crippen LogP contribution in [0.4, 0.5) is 0 Å². The third kappa shape index (κ3) is 4.02. The molecule has 1 aliphatic carbocycles. The van der Waals surface area contributed by atoms with Gasteiger partial charge < -0.3 is 5.32 Å². The molecule has 1 N–H and O–H groups in total. The van der Waals surface area contributed by atoms with Gasteiger partial charge in [0.05, 0.1) is 26.9 Å². The molecule has 1 heterocycles. The first-order valence-electron chi connectivity index (χ1n) is 7.90. The SMILES string of the molecule is CS(=O)(=O)CCNC(=O)[C@H]1CC=CC[C@@H]1c1nc2ccccc2s1. The van der Waals surface area contributed by atoms with Gasteiger partial charge in [-0.2, -0.15) is 0 Å². The van der Waals surface area contributed by atoms with Crippen molar-refractivity contribution in [2.75, 3.05) is 18.6 Å². The lowest BCUT2D eigenvalue weighted by molar-refractivity contribution is -0.125. The van der Waals surface area contributed by atoms with E-state index in [1.165, 1.54) is 6.26 Å². The number of aromatic nitrogens is 1. The van der Waals surface area contributed by atoms with Gasteiger partial charge in [-0.3, -0.25) is 4.79 Å². The Kier molecular flexibility index (Phi) is 5.01. The van der Waals surface area contributed by atoms with E-state index < -0.39 is 9.84 Å². The average molecular weight is 364 g/mol. The van der Waals surface area contributed by atoms with Crippen molar-refractivity contribution in [3.8, 4) is 0 Å². The van der Waals surface area contributed by atoms with E-state index >= 15 is 0 Å². The van der Waals surface area contributed by atoms with Crippen LogP contribution in [0.2, 0.25) is 0 Å². The molecule has 0 saturated carbocycles. The van der Waals surface area contributed by atoms with Crippen molar-refractivity contribution in [2.24, 2.45) is 5.92 Å². The van der Waals surface area contributed by atoms with Gasteiger partial charge in [-0.1, -0.05) is 24.3 Å². The monoisotopic (exact) mass is 364 g/mol. The number of allylic oxidation sites excluding steroid dienone is 2. The molecule has 5 nitrogen and oxygen atoms in total. The molecule has 0 bridgehead atoms. The second kappa shape index (κ2) is 7.03. The van der Waals surface area contributed by atoms with Crippen LogP contribution in [0.1, 0.15) is 23.8 Å². The van der Waals surface area contributed by atoms with E-state index in [-0.39, 0.29) is 30.0 Å². The molecule has 7 heteroatoms. The molecule has 0 aliphatic heterocycles. The first-order valence-corrected chi connectivity index (χ1v) is 10.8. The van der Waals surface area contributed by atoms with Crippen molar-refractivity contribution in [3.05, 3.63) is 41.4 Å². The van der Waals surface area contributed by atoms with Gasteiger partial charge in [-0.15, -0.1) is 11.3 Å². The predicted molar refractivity (Wildman–Crippen MR) is 96.9 cm³/mol. The molecule has 1 aliphatic rings. The number of amides is 1. The van der Waals surface area contributed by atoms with Crippen LogP contribution in [-0.4, -0.2) is 37.9 Å². The molecule has 1 aromatic carbocycles. The standard InChI is InChI=1S/C17H20N2O3S2/c1-24(21,22)11-10-18-16(20)12-6-2-3-7-13(12)17-19-14-8-4-5-9-15(14)23-17/h2-5,8-9,12-13H,6-7,10-11H2,1H3,(H,18,20)/t12-,13-/m0/s1. The average Bonchev–Trinajstić information content (AvgIpc) is 2.97. The molecule has 2 aromatic rings. The highest BCUT2D eigenvalue weighted by molar-refractivity contribution is 7.90. The summed E-state index contributed by atoms with van der Waals surface area (Å²) in [6.07, 6.45) is 6.73. The number of hydrogen-bond acceptors (Lipinski definition) is 5. The van der Waals surface area contributed by atoms with Gasteiger partial charge in [0.15, 0.2) is 0 Å². The Hall–Kier alpha value is -1.73. The summed E-state index contributed by atoms with van der Waals surface area (Å²) in [5.41, 5.74) is 0.961. The molecule has 1 amide bonds. The Bertz CT molecular complexity index is 838. The first-order chi connectivity index (χ1) is 11.4. The number of thiazole rings is 1. The third-order valence-corrected chi connectivity index (χ3v) is 6.28. The summed E-state index contributed by atoms with van der Waals surface area (Å²) in [4.78, 5) is 17.2. The van der Waals surface area contributed by atoms with Gasteiger partial charge in [0, 0.05) is 18.7 Å². The number of hydrogen-bond donors (Lipinski definition) is 1. The van der Waals surface area contributed by atoms with E-state index in [0.717, 1.165) is 21.6 Å². The molecule has 0 fully saturated rings. The van der Waals surface area contributed by atoms with Crippen molar-refractivity contribution in [2.45, 2.75) is 18.8 Å². The molecule has 3 rings (SSSR count). The summed E-state index contributed by atoms with van der Waals surface area (Å²) in [7, 11) is -3.07. The number of rotatable bonds is 5. The molecule has 0 saturated heterocycles. The van der Waals surface area contributed by atoms with E-state index in [1.54, 1.807) is 11.3 Å². The Morgan fingerprint density at radius 1 is 1.29 bits per heavy atom.